The number of halogens is 2. The number of benzene rings is 2. The summed E-state index contributed by atoms with van der Waals surface area (Å²) in [6, 6.07) is 17.2. The van der Waals surface area contributed by atoms with Gasteiger partial charge >= 0.3 is 0 Å². The van der Waals surface area contributed by atoms with Gasteiger partial charge in [0.2, 0.25) is 0 Å². The first kappa shape index (κ1) is 19.2. The van der Waals surface area contributed by atoms with Gasteiger partial charge < -0.3 is 10.2 Å². The normalized spacial score (nSPS) is 24.0. The molecule has 2 unspecified atom stereocenters. The fraction of sp³-hybridized carbons (Fsp3) is 0.381. The van der Waals surface area contributed by atoms with Crippen molar-refractivity contribution in [3.8, 4) is 11.1 Å². The Morgan fingerprint density at radius 2 is 1.69 bits per heavy atom. The Balaban J connectivity index is 0.00000196. The first-order valence-corrected chi connectivity index (χ1v) is 9.38. The molecule has 1 amide bonds. The van der Waals surface area contributed by atoms with Crippen LogP contribution in [0.3, 0.4) is 0 Å². The van der Waals surface area contributed by atoms with E-state index >= 15 is 0 Å². The van der Waals surface area contributed by atoms with Gasteiger partial charge in [0.1, 0.15) is 0 Å². The number of carbonyl (C=O) groups is 1. The molecule has 0 aromatic heterocycles. The van der Waals surface area contributed by atoms with E-state index in [9.17, 15) is 4.79 Å². The van der Waals surface area contributed by atoms with Crippen molar-refractivity contribution in [3.05, 3.63) is 59.1 Å². The van der Waals surface area contributed by atoms with Crippen LogP contribution in [0.25, 0.3) is 11.1 Å². The number of rotatable bonds is 3. The fourth-order valence-corrected chi connectivity index (χ4v) is 4.40. The summed E-state index contributed by atoms with van der Waals surface area (Å²) in [5.74, 6) is 0.0223. The highest BCUT2D eigenvalue weighted by molar-refractivity contribution is 6.34. The fourth-order valence-electron chi connectivity index (χ4n) is 4.20. The van der Waals surface area contributed by atoms with Crippen LogP contribution < -0.4 is 5.32 Å². The van der Waals surface area contributed by atoms with E-state index in [1.165, 1.54) is 12.8 Å². The SMILES string of the molecule is CN(C(=O)c1cc(-c2ccccc2)ccc1Cl)C1CC2CCC(C1)N2.Cl. The minimum atomic E-state index is 0. The molecule has 0 radical (unpaired) electrons. The highest BCUT2D eigenvalue weighted by Gasteiger charge is 2.36. The van der Waals surface area contributed by atoms with Crippen LogP contribution in [0.4, 0.5) is 0 Å². The third kappa shape index (κ3) is 3.75. The molecule has 2 aliphatic heterocycles. The molecule has 0 saturated carbocycles. The van der Waals surface area contributed by atoms with Gasteiger partial charge in [0, 0.05) is 25.2 Å². The zero-order valence-electron chi connectivity index (χ0n) is 14.8. The van der Waals surface area contributed by atoms with Crippen LogP contribution in [0.2, 0.25) is 5.02 Å². The van der Waals surface area contributed by atoms with Crippen molar-refractivity contribution >= 4 is 29.9 Å². The molecule has 2 saturated heterocycles. The standard InChI is InChI=1S/C21H23ClN2O.ClH/c1-24(18-12-16-8-9-17(13-18)23-16)21(25)19-11-15(7-10-20(19)22)14-5-3-2-4-6-14;/h2-7,10-11,16-18,23H,8-9,12-13H2,1H3;1H. The van der Waals surface area contributed by atoms with Crippen LogP contribution in [0.1, 0.15) is 36.0 Å². The van der Waals surface area contributed by atoms with Gasteiger partial charge in [-0.1, -0.05) is 48.0 Å². The maximum atomic E-state index is 13.1. The molecule has 0 spiro atoms. The number of hydrogen-bond acceptors (Lipinski definition) is 2. The van der Waals surface area contributed by atoms with Crippen molar-refractivity contribution in [2.24, 2.45) is 0 Å². The van der Waals surface area contributed by atoms with Crippen molar-refractivity contribution in [2.45, 2.75) is 43.8 Å². The molecule has 2 heterocycles. The Morgan fingerprint density at radius 3 is 2.35 bits per heavy atom. The molecule has 4 rings (SSSR count). The Bertz CT molecular complexity index is 769. The molecular formula is C21H24Cl2N2O. The summed E-state index contributed by atoms with van der Waals surface area (Å²) in [6.07, 6.45) is 4.53. The smallest absolute Gasteiger partial charge is 0.255 e. The monoisotopic (exact) mass is 390 g/mol. The Labute approximate surface area is 166 Å². The Kier molecular flexibility index (Phi) is 5.91. The third-order valence-corrected chi connectivity index (χ3v) is 5.95. The summed E-state index contributed by atoms with van der Waals surface area (Å²) in [4.78, 5) is 15.0. The van der Waals surface area contributed by atoms with E-state index in [4.69, 9.17) is 11.6 Å². The molecule has 5 heteroatoms. The van der Waals surface area contributed by atoms with Gasteiger partial charge in [-0.05, 0) is 48.9 Å². The maximum Gasteiger partial charge on any atom is 0.255 e. The van der Waals surface area contributed by atoms with Crippen LogP contribution >= 0.6 is 24.0 Å². The van der Waals surface area contributed by atoms with Crippen LogP contribution in [0.15, 0.2) is 48.5 Å². The van der Waals surface area contributed by atoms with E-state index in [1.807, 2.05) is 60.5 Å². The summed E-state index contributed by atoms with van der Waals surface area (Å²) >= 11 is 6.37. The summed E-state index contributed by atoms with van der Waals surface area (Å²) in [6.45, 7) is 0. The number of nitrogens with one attached hydrogen (secondary N) is 1. The average Bonchev–Trinajstić information content (AvgIpc) is 2.99. The number of piperidine rings is 1. The van der Waals surface area contributed by atoms with E-state index in [-0.39, 0.29) is 18.3 Å². The molecule has 138 valence electrons. The number of fused-ring (bicyclic) bond motifs is 2. The largest absolute Gasteiger partial charge is 0.339 e. The first-order chi connectivity index (χ1) is 12.1. The number of nitrogens with zero attached hydrogens (tertiary/aromatic N) is 1. The maximum absolute atomic E-state index is 13.1. The molecule has 2 aromatic rings. The minimum Gasteiger partial charge on any atom is -0.339 e. The van der Waals surface area contributed by atoms with Gasteiger partial charge in [0.25, 0.3) is 5.91 Å². The quantitative estimate of drug-likeness (QED) is 0.817. The molecule has 2 fully saturated rings. The predicted molar refractivity (Wildman–Crippen MR) is 109 cm³/mol. The second-order valence-electron chi connectivity index (χ2n) is 7.24. The van der Waals surface area contributed by atoms with Gasteiger partial charge in [-0.15, -0.1) is 12.4 Å². The third-order valence-electron chi connectivity index (χ3n) is 5.62. The summed E-state index contributed by atoms with van der Waals surface area (Å²) in [7, 11) is 1.92. The van der Waals surface area contributed by atoms with Gasteiger partial charge in [-0.2, -0.15) is 0 Å². The Morgan fingerprint density at radius 1 is 1.04 bits per heavy atom. The molecule has 2 aromatic carbocycles. The lowest BCUT2D eigenvalue weighted by atomic mass is 9.97. The van der Waals surface area contributed by atoms with Crippen LogP contribution in [-0.4, -0.2) is 36.0 Å². The second-order valence-corrected chi connectivity index (χ2v) is 7.65. The number of hydrogen-bond donors (Lipinski definition) is 1. The zero-order valence-corrected chi connectivity index (χ0v) is 16.4. The van der Waals surface area contributed by atoms with Crippen molar-refractivity contribution < 1.29 is 4.79 Å². The number of amides is 1. The van der Waals surface area contributed by atoms with E-state index < -0.39 is 0 Å². The van der Waals surface area contributed by atoms with Crippen molar-refractivity contribution in [2.75, 3.05) is 7.05 Å². The predicted octanol–water partition coefficient (Wildman–Crippen LogP) is 4.78. The highest BCUT2D eigenvalue weighted by Crippen LogP contribution is 2.31. The van der Waals surface area contributed by atoms with Crippen molar-refractivity contribution in [1.82, 2.24) is 10.2 Å². The van der Waals surface area contributed by atoms with Crippen LogP contribution in [-0.2, 0) is 0 Å². The van der Waals surface area contributed by atoms with E-state index in [0.29, 0.717) is 28.7 Å². The van der Waals surface area contributed by atoms with Crippen molar-refractivity contribution in [1.29, 1.82) is 0 Å². The second kappa shape index (κ2) is 7.99. The zero-order chi connectivity index (χ0) is 17.4. The summed E-state index contributed by atoms with van der Waals surface area (Å²) in [5, 5.41) is 4.15. The highest BCUT2D eigenvalue weighted by atomic mass is 35.5. The molecule has 2 bridgehead atoms. The topological polar surface area (TPSA) is 32.3 Å². The average molecular weight is 391 g/mol. The lowest BCUT2D eigenvalue weighted by Crippen LogP contribution is -2.48. The molecule has 3 nitrogen and oxygen atoms in total. The van der Waals surface area contributed by atoms with E-state index in [1.54, 1.807) is 0 Å². The van der Waals surface area contributed by atoms with E-state index in [0.717, 1.165) is 24.0 Å². The molecule has 2 aliphatic rings. The van der Waals surface area contributed by atoms with Gasteiger partial charge in [-0.3, -0.25) is 4.79 Å². The van der Waals surface area contributed by atoms with Gasteiger partial charge in [0.05, 0.1) is 10.6 Å². The molecule has 1 N–H and O–H groups in total. The summed E-state index contributed by atoms with van der Waals surface area (Å²) < 4.78 is 0. The lowest BCUT2D eigenvalue weighted by molar-refractivity contribution is 0.0682. The molecule has 2 atom stereocenters. The van der Waals surface area contributed by atoms with Crippen LogP contribution in [0, 0.1) is 0 Å². The van der Waals surface area contributed by atoms with E-state index in [2.05, 4.69) is 5.32 Å². The summed E-state index contributed by atoms with van der Waals surface area (Å²) in [5.41, 5.74) is 2.71. The molecule has 26 heavy (non-hydrogen) atoms. The Hall–Kier alpha value is -1.55. The van der Waals surface area contributed by atoms with Crippen LogP contribution in [0.5, 0.6) is 0 Å². The number of carbonyl (C=O) groups excluding carboxylic acids is 1. The van der Waals surface area contributed by atoms with Gasteiger partial charge in [-0.25, -0.2) is 0 Å². The van der Waals surface area contributed by atoms with Crippen molar-refractivity contribution in [3.63, 3.8) is 0 Å². The first-order valence-electron chi connectivity index (χ1n) is 9.00. The lowest BCUT2D eigenvalue weighted by Gasteiger charge is -2.35. The van der Waals surface area contributed by atoms with Gasteiger partial charge in [0.15, 0.2) is 0 Å². The molecular weight excluding hydrogens is 367 g/mol. The molecule has 0 aliphatic carbocycles. The minimum absolute atomic E-state index is 0.